The van der Waals surface area contributed by atoms with Crippen molar-refractivity contribution < 1.29 is 14.3 Å². The number of hydrogen-bond acceptors (Lipinski definition) is 7. The van der Waals surface area contributed by atoms with Crippen LogP contribution in [0.3, 0.4) is 0 Å². The Morgan fingerprint density at radius 3 is 2.83 bits per heavy atom. The van der Waals surface area contributed by atoms with Crippen molar-refractivity contribution in [2.75, 3.05) is 16.8 Å². The topological polar surface area (TPSA) is 97.3 Å². The molecule has 0 saturated carbocycles. The molecule has 0 spiro atoms. The first-order valence-electron chi connectivity index (χ1n) is 7.76. The fourth-order valence-corrected chi connectivity index (χ4v) is 3.11. The van der Waals surface area contributed by atoms with Crippen LogP contribution in [0.15, 0.2) is 6.20 Å². The van der Waals surface area contributed by atoms with Gasteiger partial charge in [0.15, 0.2) is 9.96 Å². The summed E-state index contributed by atoms with van der Waals surface area (Å²) in [4.78, 5) is 38.9. The molecule has 9 heteroatoms. The minimum atomic E-state index is -0.581. The number of carbonyl (C=O) groups excluding carboxylic acids is 2. The molecule has 2 aromatic heterocycles. The van der Waals surface area contributed by atoms with E-state index >= 15 is 0 Å². The number of aromatic nitrogens is 3. The van der Waals surface area contributed by atoms with Crippen LogP contribution in [-0.2, 0) is 9.53 Å². The van der Waals surface area contributed by atoms with Gasteiger partial charge in [-0.05, 0) is 33.6 Å². The Labute approximate surface area is 143 Å². The van der Waals surface area contributed by atoms with Crippen LogP contribution in [0.1, 0.15) is 40.0 Å². The molecule has 0 aromatic carbocycles. The molecule has 0 aliphatic carbocycles. The van der Waals surface area contributed by atoms with Gasteiger partial charge in [0.05, 0.1) is 6.20 Å². The first-order valence-corrected chi connectivity index (χ1v) is 8.57. The summed E-state index contributed by atoms with van der Waals surface area (Å²) in [6, 6.07) is 0. The van der Waals surface area contributed by atoms with Gasteiger partial charge in [-0.2, -0.15) is 4.98 Å². The summed E-state index contributed by atoms with van der Waals surface area (Å²) in [5.74, 6) is 0.428. The van der Waals surface area contributed by atoms with Crippen LogP contribution in [0, 0.1) is 0 Å². The molecule has 1 fully saturated rings. The highest BCUT2D eigenvalue weighted by Crippen LogP contribution is 2.26. The number of rotatable bonds is 2. The summed E-state index contributed by atoms with van der Waals surface area (Å²) in [5, 5.41) is 2.98. The second kappa shape index (κ2) is 6.31. The van der Waals surface area contributed by atoms with Crippen molar-refractivity contribution in [3.05, 3.63) is 6.20 Å². The third-order valence-corrected chi connectivity index (χ3v) is 4.19. The average molecular weight is 349 g/mol. The summed E-state index contributed by atoms with van der Waals surface area (Å²) in [5.41, 5.74) is -0.0122. The van der Waals surface area contributed by atoms with Gasteiger partial charge < -0.3 is 4.74 Å². The van der Waals surface area contributed by atoms with Gasteiger partial charge in [0.1, 0.15) is 11.1 Å². The number of ether oxygens (including phenoxy) is 1. The third kappa shape index (κ3) is 3.78. The van der Waals surface area contributed by atoms with Crippen LogP contribution < -0.4 is 10.2 Å². The lowest BCUT2D eigenvalue weighted by Crippen LogP contribution is -2.36. The lowest BCUT2D eigenvalue weighted by atomic mass is 10.1. The largest absolute Gasteiger partial charge is 0.444 e. The fourth-order valence-electron chi connectivity index (χ4n) is 2.32. The van der Waals surface area contributed by atoms with Crippen molar-refractivity contribution in [2.45, 2.75) is 45.6 Å². The smallest absolute Gasteiger partial charge is 0.413 e. The number of fused-ring (bicyclic) bond motifs is 1. The molecule has 8 nitrogen and oxygen atoms in total. The molecule has 2 aromatic rings. The zero-order valence-electron chi connectivity index (χ0n) is 13.8. The van der Waals surface area contributed by atoms with Crippen molar-refractivity contribution in [3.63, 3.8) is 0 Å². The van der Waals surface area contributed by atoms with Gasteiger partial charge in [-0.1, -0.05) is 11.3 Å². The molecule has 24 heavy (non-hydrogen) atoms. The molecule has 1 aliphatic rings. The standard InChI is InChI=1S/C15H19N5O3S/c1-15(2,3)23-14(22)19-13-17-9-8-16-12(18-11(9)24-13)20-7-5-4-6-10(20)21/h8H,4-7H2,1-3H3,(H,17,19,22). The predicted octanol–water partition coefficient (Wildman–Crippen LogP) is 2.95. The molecular weight excluding hydrogens is 330 g/mol. The summed E-state index contributed by atoms with van der Waals surface area (Å²) >= 11 is 1.22. The molecule has 1 aliphatic heterocycles. The maximum Gasteiger partial charge on any atom is 0.413 e. The van der Waals surface area contributed by atoms with Gasteiger partial charge in [-0.15, -0.1) is 0 Å². The van der Waals surface area contributed by atoms with Gasteiger partial charge in [0, 0.05) is 13.0 Å². The van der Waals surface area contributed by atoms with Gasteiger partial charge in [-0.3, -0.25) is 15.0 Å². The third-order valence-electron chi connectivity index (χ3n) is 3.31. The molecule has 0 unspecified atom stereocenters. The summed E-state index contributed by atoms with van der Waals surface area (Å²) in [6.07, 6.45) is 3.37. The van der Waals surface area contributed by atoms with Gasteiger partial charge in [0.2, 0.25) is 11.9 Å². The lowest BCUT2D eigenvalue weighted by Gasteiger charge is -2.24. The first kappa shape index (κ1) is 16.6. The molecule has 1 saturated heterocycles. The van der Waals surface area contributed by atoms with E-state index in [4.69, 9.17) is 4.74 Å². The number of nitrogens with zero attached hydrogens (tertiary/aromatic N) is 4. The van der Waals surface area contributed by atoms with Gasteiger partial charge in [-0.25, -0.2) is 14.8 Å². The highest BCUT2D eigenvalue weighted by molar-refractivity contribution is 7.21. The van der Waals surface area contributed by atoms with E-state index in [2.05, 4.69) is 20.3 Å². The quantitative estimate of drug-likeness (QED) is 0.895. The van der Waals surface area contributed by atoms with E-state index in [-0.39, 0.29) is 5.91 Å². The maximum absolute atomic E-state index is 12.0. The number of carbonyl (C=O) groups is 2. The Balaban J connectivity index is 1.79. The van der Waals surface area contributed by atoms with Gasteiger partial charge >= 0.3 is 6.09 Å². The summed E-state index contributed by atoms with van der Waals surface area (Å²) < 4.78 is 5.20. The number of piperidine rings is 1. The lowest BCUT2D eigenvalue weighted by molar-refractivity contribution is -0.119. The zero-order chi connectivity index (χ0) is 17.3. The molecule has 2 amide bonds. The van der Waals surface area contributed by atoms with E-state index in [0.29, 0.717) is 34.4 Å². The normalized spacial score (nSPS) is 15.6. The predicted molar refractivity (Wildman–Crippen MR) is 91.3 cm³/mol. The van der Waals surface area contributed by atoms with Crippen LogP contribution in [0.4, 0.5) is 15.9 Å². The van der Waals surface area contributed by atoms with Crippen molar-refractivity contribution in [1.29, 1.82) is 0 Å². The van der Waals surface area contributed by atoms with E-state index in [1.807, 2.05) is 0 Å². The van der Waals surface area contributed by atoms with E-state index in [9.17, 15) is 9.59 Å². The van der Waals surface area contributed by atoms with Gasteiger partial charge in [0.25, 0.3) is 0 Å². The maximum atomic E-state index is 12.0. The molecule has 0 bridgehead atoms. The Kier molecular flexibility index (Phi) is 4.35. The van der Waals surface area contributed by atoms with E-state index < -0.39 is 11.7 Å². The highest BCUT2D eigenvalue weighted by atomic mass is 32.1. The number of thiazole rings is 1. The van der Waals surface area contributed by atoms with Crippen LogP contribution in [0.5, 0.6) is 0 Å². The van der Waals surface area contributed by atoms with E-state index in [1.54, 1.807) is 31.9 Å². The second-order valence-electron chi connectivity index (χ2n) is 6.51. The molecule has 0 atom stereocenters. The average Bonchev–Trinajstić information content (AvgIpc) is 2.86. The Bertz CT molecular complexity index is 783. The monoisotopic (exact) mass is 349 g/mol. The van der Waals surface area contributed by atoms with Crippen molar-refractivity contribution in [2.24, 2.45) is 0 Å². The molecule has 0 radical (unpaired) electrons. The summed E-state index contributed by atoms with van der Waals surface area (Å²) in [6.45, 7) is 6.00. The van der Waals surface area contributed by atoms with Crippen LogP contribution in [0.25, 0.3) is 10.3 Å². The minimum Gasteiger partial charge on any atom is -0.444 e. The molecular formula is C15H19N5O3S. The molecule has 3 heterocycles. The SMILES string of the molecule is CC(C)(C)OC(=O)Nc1nc2cnc(N3CCCCC3=O)nc2s1. The molecule has 1 N–H and O–H groups in total. The molecule has 3 rings (SSSR count). The van der Waals surface area contributed by atoms with Crippen molar-refractivity contribution in [1.82, 2.24) is 15.0 Å². The summed E-state index contributed by atoms with van der Waals surface area (Å²) in [7, 11) is 0. The van der Waals surface area contributed by atoms with Crippen LogP contribution in [-0.4, -0.2) is 39.1 Å². The van der Waals surface area contributed by atoms with E-state index in [0.717, 1.165) is 12.8 Å². The van der Waals surface area contributed by atoms with Crippen molar-refractivity contribution >= 4 is 44.8 Å². The second-order valence-corrected chi connectivity index (χ2v) is 7.49. The minimum absolute atomic E-state index is 0.0391. The Hall–Kier alpha value is -2.29. The van der Waals surface area contributed by atoms with E-state index in [1.165, 1.54) is 11.3 Å². The number of nitrogens with one attached hydrogen (secondary N) is 1. The zero-order valence-corrected chi connectivity index (χ0v) is 14.6. The fraction of sp³-hybridized carbons (Fsp3) is 0.533. The number of hydrogen-bond donors (Lipinski definition) is 1. The number of amides is 2. The first-order chi connectivity index (χ1) is 11.3. The highest BCUT2D eigenvalue weighted by Gasteiger charge is 2.23. The van der Waals surface area contributed by atoms with Crippen molar-refractivity contribution in [3.8, 4) is 0 Å². The van der Waals surface area contributed by atoms with Crippen LogP contribution in [0.2, 0.25) is 0 Å². The number of anilines is 2. The Morgan fingerprint density at radius 1 is 1.33 bits per heavy atom. The Morgan fingerprint density at radius 2 is 2.12 bits per heavy atom. The van der Waals surface area contributed by atoms with Crippen LogP contribution >= 0.6 is 11.3 Å². The molecule has 128 valence electrons.